The van der Waals surface area contributed by atoms with Crippen LogP contribution in [0.4, 0.5) is 11.5 Å². The van der Waals surface area contributed by atoms with E-state index in [4.69, 9.17) is 22.8 Å². The third-order valence-corrected chi connectivity index (χ3v) is 6.71. The van der Waals surface area contributed by atoms with Crippen LogP contribution in [-0.4, -0.2) is 77.4 Å². The zero-order valence-electron chi connectivity index (χ0n) is 21.7. The molecule has 2 aliphatic heterocycles. The minimum atomic E-state index is -0.455. The van der Waals surface area contributed by atoms with Crippen LogP contribution in [0.15, 0.2) is 18.3 Å². The van der Waals surface area contributed by atoms with Crippen LogP contribution >= 0.6 is 0 Å². The third kappa shape index (κ3) is 8.71. The first-order chi connectivity index (χ1) is 17.9. The average Bonchev–Trinajstić information content (AvgIpc) is 3.61. The normalized spacial score (nSPS) is 20.0. The highest BCUT2D eigenvalue weighted by Crippen LogP contribution is 2.19. The van der Waals surface area contributed by atoms with E-state index >= 15 is 0 Å². The molecular formula is C26H37N9O2. The Morgan fingerprint density at radius 3 is 2.41 bits per heavy atom. The lowest BCUT2D eigenvalue weighted by molar-refractivity contribution is -0.133. The molecule has 0 saturated carbocycles. The molecular weight excluding hydrogens is 470 g/mol. The predicted octanol–water partition coefficient (Wildman–Crippen LogP) is 2.02. The van der Waals surface area contributed by atoms with Crippen LogP contribution in [-0.2, 0) is 9.59 Å². The van der Waals surface area contributed by atoms with E-state index in [2.05, 4.69) is 32.6 Å². The number of nitrogens with zero attached hydrogens (tertiary/aromatic N) is 6. The lowest BCUT2D eigenvalue weighted by Crippen LogP contribution is -2.48. The summed E-state index contributed by atoms with van der Waals surface area (Å²) in [6.45, 7) is 13.7. The number of nitrogens with one attached hydrogen (secondary N) is 2. The lowest BCUT2D eigenvalue weighted by Gasteiger charge is -2.26. The molecule has 0 radical (unpaired) electrons. The molecule has 198 valence electrons. The Bertz CT molecular complexity index is 1010. The smallest absolute Gasteiger partial charge is 0.240 e. The van der Waals surface area contributed by atoms with Gasteiger partial charge >= 0.3 is 0 Å². The number of hydrogen-bond acceptors (Lipinski definition) is 8. The number of rotatable bonds is 9. The van der Waals surface area contributed by atoms with Gasteiger partial charge in [-0.05, 0) is 37.7 Å². The number of nitrogens with two attached hydrogens (primary N) is 1. The van der Waals surface area contributed by atoms with Gasteiger partial charge in [0.15, 0.2) is 0 Å². The highest BCUT2D eigenvalue weighted by Gasteiger charge is 2.33. The molecule has 11 heteroatoms. The SMILES string of the molecule is CCC(C)C(N)C(=O)N1CCCC1C#N.[C-]#[N+]c1ccc(NCCNCC(=O)N2CCCC2C#N)nc1. The van der Waals surface area contributed by atoms with Crippen LogP contribution in [0.25, 0.3) is 4.85 Å². The van der Waals surface area contributed by atoms with Crippen molar-refractivity contribution in [3.8, 4) is 12.1 Å². The molecule has 0 aliphatic carbocycles. The Balaban J connectivity index is 0.000000281. The minimum absolute atomic E-state index is 0.0245. The predicted molar refractivity (Wildman–Crippen MR) is 140 cm³/mol. The fraction of sp³-hybridized carbons (Fsp3) is 0.615. The molecule has 3 heterocycles. The summed E-state index contributed by atoms with van der Waals surface area (Å²) in [5.41, 5.74) is 6.37. The maximum atomic E-state index is 12.0. The summed E-state index contributed by atoms with van der Waals surface area (Å²) in [5, 5.41) is 24.0. The van der Waals surface area contributed by atoms with E-state index in [1.807, 2.05) is 13.8 Å². The van der Waals surface area contributed by atoms with Gasteiger partial charge in [0.05, 0.1) is 31.3 Å². The van der Waals surface area contributed by atoms with Gasteiger partial charge in [-0.2, -0.15) is 10.5 Å². The zero-order chi connectivity index (χ0) is 27.2. The number of hydrogen-bond donors (Lipinski definition) is 3. The first kappa shape index (κ1) is 29.5. The topological polar surface area (TPSA) is 156 Å². The van der Waals surface area contributed by atoms with Crippen LogP contribution in [0.1, 0.15) is 46.0 Å². The molecule has 2 fully saturated rings. The average molecular weight is 508 g/mol. The molecule has 3 rings (SSSR count). The van der Waals surface area contributed by atoms with Gasteiger partial charge in [-0.25, -0.2) is 4.85 Å². The number of likely N-dealkylation sites (tertiary alicyclic amines) is 2. The van der Waals surface area contributed by atoms with Crippen molar-refractivity contribution in [1.82, 2.24) is 20.1 Å². The van der Waals surface area contributed by atoms with E-state index in [1.54, 1.807) is 21.9 Å². The first-order valence-electron chi connectivity index (χ1n) is 12.8. The first-order valence-corrected chi connectivity index (χ1v) is 12.8. The van der Waals surface area contributed by atoms with Crippen molar-refractivity contribution in [2.75, 3.05) is 38.0 Å². The van der Waals surface area contributed by atoms with Gasteiger partial charge in [0, 0.05) is 32.4 Å². The monoisotopic (exact) mass is 507 g/mol. The Hall–Kier alpha value is -3.72. The number of pyridine rings is 1. The molecule has 0 spiro atoms. The number of carbonyl (C=O) groups is 2. The molecule has 0 bridgehead atoms. The molecule has 0 aromatic carbocycles. The van der Waals surface area contributed by atoms with Crippen molar-refractivity contribution in [1.29, 1.82) is 10.5 Å². The third-order valence-electron chi connectivity index (χ3n) is 6.71. The maximum Gasteiger partial charge on any atom is 0.240 e. The largest absolute Gasteiger partial charge is 0.369 e. The second kappa shape index (κ2) is 15.4. The highest BCUT2D eigenvalue weighted by atomic mass is 16.2. The summed E-state index contributed by atoms with van der Waals surface area (Å²) in [7, 11) is 0. The summed E-state index contributed by atoms with van der Waals surface area (Å²) in [6, 6.07) is 6.79. The van der Waals surface area contributed by atoms with E-state index in [0.717, 1.165) is 32.1 Å². The molecule has 2 amide bonds. The van der Waals surface area contributed by atoms with Gasteiger partial charge in [-0.1, -0.05) is 26.3 Å². The molecule has 37 heavy (non-hydrogen) atoms. The molecule has 4 atom stereocenters. The Morgan fingerprint density at radius 1 is 1.19 bits per heavy atom. The van der Waals surface area contributed by atoms with E-state index in [0.29, 0.717) is 37.7 Å². The van der Waals surface area contributed by atoms with E-state index < -0.39 is 6.04 Å². The van der Waals surface area contributed by atoms with Gasteiger partial charge in [-0.15, -0.1) is 0 Å². The number of carbonyl (C=O) groups excluding carboxylic acids is 2. The summed E-state index contributed by atoms with van der Waals surface area (Å²) in [5.74, 6) is 0.791. The molecule has 1 aromatic heterocycles. The molecule has 11 nitrogen and oxygen atoms in total. The standard InChI is InChI=1S/C15H18N6O.C11H19N3O/c1-17-12-4-5-14(20-10-12)19-7-6-18-11-15(22)21-8-2-3-13(21)9-16;1-3-8(2)10(13)11(15)14-6-4-5-9(14)7-12/h4-5,10,13,18H,2-3,6-8,11H2,(H,19,20);8-10H,3-6,13H2,1-2H3. The van der Waals surface area contributed by atoms with E-state index in [-0.39, 0.29) is 36.4 Å². The van der Waals surface area contributed by atoms with E-state index in [1.165, 1.54) is 6.20 Å². The van der Waals surface area contributed by atoms with Crippen molar-refractivity contribution in [2.45, 2.75) is 64.1 Å². The number of anilines is 1. The van der Waals surface area contributed by atoms with Crippen LogP contribution < -0.4 is 16.4 Å². The summed E-state index contributed by atoms with van der Waals surface area (Å²) in [4.78, 5) is 34.6. The van der Waals surface area contributed by atoms with Crippen molar-refractivity contribution in [2.24, 2.45) is 11.7 Å². The molecule has 4 N–H and O–H groups in total. The van der Waals surface area contributed by atoms with E-state index in [9.17, 15) is 9.59 Å². The number of aromatic nitrogens is 1. The zero-order valence-corrected chi connectivity index (χ0v) is 21.7. The van der Waals surface area contributed by atoms with Crippen molar-refractivity contribution >= 4 is 23.3 Å². The quantitative estimate of drug-likeness (QED) is 0.339. The second-order valence-corrected chi connectivity index (χ2v) is 9.22. The minimum Gasteiger partial charge on any atom is -0.369 e. The Morgan fingerprint density at radius 2 is 1.84 bits per heavy atom. The second-order valence-electron chi connectivity index (χ2n) is 9.22. The summed E-state index contributed by atoms with van der Waals surface area (Å²) >= 11 is 0. The summed E-state index contributed by atoms with van der Waals surface area (Å²) in [6.07, 6.45) is 5.78. The maximum absolute atomic E-state index is 12.0. The van der Waals surface area contributed by atoms with Gasteiger partial charge in [0.1, 0.15) is 17.9 Å². The Labute approximate surface area is 219 Å². The number of nitriles is 2. The van der Waals surface area contributed by atoms with Gasteiger partial charge < -0.3 is 26.2 Å². The fourth-order valence-corrected chi connectivity index (χ4v) is 4.19. The molecule has 2 saturated heterocycles. The number of amides is 2. The van der Waals surface area contributed by atoms with Crippen molar-refractivity contribution in [3.05, 3.63) is 29.7 Å². The fourth-order valence-electron chi connectivity index (χ4n) is 4.19. The van der Waals surface area contributed by atoms with Crippen LogP contribution in [0, 0.1) is 35.2 Å². The van der Waals surface area contributed by atoms with Gasteiger partial charge in [0.2, 0.25) is 17.5 Å². The lowest BCUT2D eigenvalue weighted by atomic mass is 9.99. The molecule has 1 aromatic rings. The highest BCUT2D eigenvalue weighted by molar-refractivity contribution is 5.82. The van der Waals surface area contributed by atoms with Gasteiger partial charge in [-0.3, -0.25) is 14.6 Å². The van der Waals surface area contributed by atoms with Crippen LogP contribution in [0.5, 0.6) is 0 Å². The van der Waals surface area contributed by atoms with Crippen LogP contribution in [0.3, 0.4) is 0 Å². The summed E-state index contributed by atoms with van der Waals surface area (Å²) < 4.78 is 0. The molecule has 2 aliphatic rings. The van der Waals surface area contributed by atoms with Crippen molar-refractivity contribution < 1.29 is 9.59 Å². The Kier molecular flexibility index (Phi) is 12.3. The van der Waals surface area contributed by atoms with Gasteiger partial charge in [0.25, 0.3) is 0 Å². The van der Waals surface area contributed by atoms with Crippen molar-refractivity contribution in [3.63, 3.8) is 0 Å². The molecule has 4 unspecified atom stereocenters. The van der Waals surface area contributed by atoms with Crippen LogP contribution in [0.2, 0.25) is 0 Å².